The van der Waals surface area contributed by atoms with E-state index in [4.69, 9.17) is 14.2 Å². The molecule has 130 valence electrons. The molecule has 2 aliphatic rings. The Hall–Kier alpha value is -2.17. The Bertz CT molecular complexity index is 653. The van der Waals surface area contributed by atoms with Gasteiger partial charge >= 0.3 is 5.97 Å². The van der Waals surface area contributed by atoms with E-state index >= 15 is 0 Å². The molecule has 1 saturated heterocycles. The number of piperidine rings is 1. The first-order valence-electron chi connectivity index (χ1n) is 8.50. The number of fused-ring (bicyclic) bond motifs is 1. The van der Waals surface area contributed by atoms with Crippen LogP contribution in [0.15, 0.2) is 23.8 Å². The predicted molar refractivity (Wildman–Crippen MR) is 92.1 cm³/mol. The molecule has 2 aliphatic heterocycles. The van der Waals surface area contributed by atoms with E-state index in [9.17, 15) is 4.79 Å². The van der Waals surface area contributed by atoms with Crippen molar-refractivity contribution in [3.8, 4) is 11.5 Å². The van der Waals surface area contributed by atoms with E-state index in [0.717, 1.165) is 42.6 Å². The van der Waals surface area contributed by atoms with Crippen molar-refractivity contribution in [2.24, 2.45) is 0 Å². The summed E-state index contributed by atoms with van der Waals surface area (Å²) < 4.78 is 15.8. The Kier molecular flexibility index (Phi) is 4.97. The first kappa shape index (κ1) is 16.7. The lowest BCUT2D eigenvalue weighted by Gasteiger charge is -2.43. The number of esters is 1. The molecule has 3 rings (SSSR count). The molecule has 0 saturated carbocycles. The second-order valence-electron chi connectivity index (χ2n) is 6.27. The van der Waals surface area contributed by atoms with Crippen molar-refractivity contribution >= 4 is 11.7 Å². The van der Waals surface area contributed by atoms with Crippen LogP contribution in [0.4, 0.5) is 0 Å². The van der Waals surface area contributed by atoms with Crippen LogP contribution < -0.4 is 9.47 Å². The fourth-order valence-electron chi connectivity index (χ4n) is 3.84. The van der Waals surface area contributed by atoms with E-state index in [1.165, 1.54) is 20.0 Å². The van der Waals surface area contributed by atoms with Crippen molar-refractivity contribution in [2.75, 3.05) is 27.9 Å². The normalized spacial score (nSPS) is 20.5. The number of rotatable bonds is 4. The minimum atomic E-state index is -0.233. The van der Waals surface area contributed by atoms with Gasteiger partial charge in [-0.05, 0) is 50.3 Å². The van der Waals surface area contributed by atoms with Gasteiger partial charge < -0.3 is 19.1 Å². The minimum Gasteiger partial charge on any atom is -0.493 e. The molecule has 0 aliphatic carbocycles. The van der Waals surface area contributed by atoms with Crippen molar-refractivity contribution < 1.29 is 19.0 Å². The maximum Gasteiger partial charge on any atom is 0.335 e. The van der Waals surface area contributed by atoms with Gasteiger partial charge in [0.1, 0.15) is 0 Å². The Balaban J connectivity index is 2.10. The minimum absolute atomic E-state index is 0.233. The van der Waals surface area contributed by atoms with Crippen LogP contribution in [0.25, 0.3) is 5.70 Å². The molecular weight excluding hydrogens is 306 g/mol. The van der Waals surface area contributed by atoms with Crippen LogP contribution in [0, 0.1) is 0 Å². The second kappa shape index (κ2) is 7.16. The number of benzene rings is 1. The standard InChI is InChI=1S/C19H25NO4/c1-22-16-10-7-13(12-17(16)23-2)18-15(19(21)24-3)9-8-14-6-4-5-11-20(14)18/h7,10,12,14H,4-6,8-9,11H2,1-3H3. The van der Waals surface area contributed by atoms with Crippen molar-refractivity contribution in [2.45, 2.75) is 38.1 Å². The predicted octanol–water partition coefficient (Wildman–Crippen LogP) is 3.24. The van der Waals surface area contributed by atoms with E-state index in [1.54, 1.807) is 14.2 Å². The summed E-state index contributed by atoms with van der Waals surface area (Å²) in [6.45, 7) is 0.981. The van der Waals surface area contributed by atoms with E-state index in [2.05, 4.69) is 4.90 Å². The highest BCUT2D eigenvalue weighted by Crippen LogP contribution is 2.40. The molecule has 24 heavy (non-hydrogen) atoms. The zero-order valence-electron chi connectivity index (χ0n) is 14.6. The number of hydrogen-bond donors (Lipinski definition) is 0. The summed E-state index contributed by atoms with van der Waals surface area (Å²) in [6, 6.07) is 6.35. The summed E-state index contributed by atoms with van der Waals surface area (Å²) in [6.07, 6.45) is 5.37. The van der Waals surface area contributed by atoms with Crippen LogP contribution in [0.1, 0.15) is 37.7 Å². The fourth-order valence-corrected chi connectivity index (χ4v) is 3.84. The topological polar surface area (TPSA) is 48.0 Å². The summed E-state index contributed by atoms with van der Waals surface area (Å²) in [4.78, 5) is 14.7. The number of nitrogens with zero attached hydrogens (tertiary/aromatic N) is 1. The van der Waals surface area contributed by atoms with Gasteiger partial charge in [-0.3, -0.25) is 0 Å². The SMILES string of the molecule is COC(=O)C1=C(c2ccc(OC)c(OC)c2)N2CCCCC2CC1. The molecule has 1 atom stereocenters. The average Bonchev–Trinajstić information content (AvgIpc) is 2.65. The van der Waals surface area contributed by atoms with Crippen LogP contribution >= 0.6 is 0 Å². The molecule has 1 unspecified atom stereocenters. The summed E-state index contributed by atoms with van der Waals surface area (Å²) in [5, 5.41) is 0. The number of carbonyl (C=O) groups is 1. The van der Waals surface area contributed by atoms with Gasteiger partial charge in [-0.2, -0.15) is 0 Å². The third-order valence-electron chi connectivity index (χ3n) is 5.02. The summed E-state index contributed by atoms with van der Waals surface area (Å²) in [5.41, 5.74) is 2.75. The summed E-state index contributed by atoms with van der Waals surface area (Å²) in [5.74, 6) is 1.13. The van der Waals surface area contributed by atoms with Gasteiger partial charge in [0, 0.05) is 18.2 Å². The maximum atomic E-state index is 12.3. The third-order valence-corrected chi connectivity index (χ3v) is 5.02. The number of methoxy groups -OCH3 is 3. The zero-order valence-corrected chi connectivity index (χ0v) is 14.6. The number of ether oxygens (including phenoxy) is 3. The molecule has 1 aromatic carbocycles. The number of carbonyl (C=O) groups excluding carboxylic acids is 1. The molecule has 5 heteroatoms. The van der Waals surface area contributed by atoms with Crippen LogP contribution in [0.5, 0.6) is 11.5 Å². The number of hydrogen-bond acceptors (Lipinski definition) is 5. The maximum absolute atomic E-state index is 12.3. The highest BCUT2D eigenvalue weighted by Gasteiger charge is 2.34. The molecule has 0 radical (unpaired) electrons. The highest BCUT2D eigenvalue weighted by molar-refractivity contribution is 5.97. The molecular formula is C19H25NO4. The van der Waals surface area contributed by atoms with Crippen molar-refractivity contribution in [1.29, 1.82) is 0 Å². The van der Waals surface area contributed by atoms with Crippen LogP contribution in [-0.2, 0) is 9.53 Å². The lowest BCUT2D eigenvalue weighted by atomic mass is 9.87. The molecule has 1 fully saturated rings. The zero-order chi connectivity index (χ0) is 17.1. The van der Waals surface area contributed by atoms with E-state index in [1.807, 2.05) is 18.2 Å². The van der Waals surface area contributed by atoms with Gasteiger partial charge in [0.2, 0.25) is 0 Å². The Morgan fingerprint density at radius 1 is 1.08 bits per heavy atom. The lowest BCUT2D eigenvalue weighted by molar-refractivity contribution is -0.136. The van der Waals surface area contributed by atoms with Gasteiger partial charge in [-0.15, -0.1) is 0 Å². The Morgan fingerprint density at radius 3 is 2.58 bits per heavy atom. The molecule has 0 amide bonds. The molecule has 0 spiro atoms. The van der Waals surface area contributed by atoms with Gasteiger partial charge in [0.05, 0.1) is 32.6 Å². The molecule has 0 bridgehead atoms. The van der Waals surface area contributed by atoms with E-state index in [0.29, 0.717) is 17.5 Å². The molecule has 5 nitrogen and oxygen atoms in total. The van der Waals surface area contributed by atoms with Gasteiger partial charge in [-0.1, -0.05) is 0 Å². The first-order valence-corrected chi connectivity index (χ1v) is 8.50. The van der Waals surface area contributed by atoms with Crippen molar-refractivity contribution in [3.63, 3.8) is 0 Å². The largest absolute Gasteiger partial charge is 0.493 e. The van der Waals surface area contributed by atoms with Crippen molar-refractivity contribution in [3.05, 3.63) is 29.3 Å². The second-order valence-corrected chi connectivity index (χ2v) is 6.27. The van der Waals surface area contributed by atoms with Crippen molar-refractivity contribution in [1.82, 2.24) is 4.90 Å². The van der Waals surface area contributed by atoms with Crippen LogP contribution in [0.2, 0.25) is 0 Å². The lowest BCUT2D eigenvalue weighted by Crippen LogP contribution is -2.42. The Morgan fingerprint density at radius 2 is 1.88 bits per heavy atom. The van der Waals surface area contributed by atoms with E-state index < -0.39 is 0 Å². The van der Waals surface area contributed by atoms with Crippen LogP contribution in [0.3, 0.4) is 0 Å². The monoisotopic (exact) mass is 331 g/mol. The van der Waals surface area contributed by atoms with E-state index in [-0.39, 0.29) is 5.97 Å². The third kappa shape index (κ3) is 2.95. The van der Waals surface area contributed by atoms with Gasteiger partial charge in [0.15, 0.2) is 11.5 Å². The van der Waals surface area contributed by atoms with Gasteiger partial charge in [0.25, 0.3) is 0 Å². The highest BCUT2D eigenvalue weighted by atomic mass is 16.5. The Labute approximate surface area is 143 Å². The fraction of sp³-hybridized carbons (Fsp3) is 0.526. The molecule has 0 aromatic heterocycles. The molecule has 2 heterocycles. The molecule has 0 N–H and O–H groups in total. The first-order chi connectivity index (χ1) is 11.7. The van der Waals surface area contributed by atoms with Gasteiger partial charge in [-0.25, -0.2) is 4.79 Å². The molecule has 1 aromatic rings. The quantitative estimate of drug-likeness (QED) is 0.793. The summed E-state index contributed by atoms with van der Waals surface area (Å²) >= 11 is 0. The summed E-state index contributed by atoms with van der Waals surface area (Å²) in [7, 11) is 4.70. The smallest absolute Gasteiger partial charge is 0.335 e. The van der Waals surface area contributed by atoms with Crippen LogP contribution in [-0.4, -0.2) is 44.8 Å². The average molecular weight is 331 g/mol.